The molecular weight excluding hydrogens is 430 g/mol. The first-order valence-corrected chi connectivity index (χ1v) is 10.2. The van der Waals surface area contributed by atoms with E-state index in [1.54, 1.807) is 31.2 Å². The minimum Gasteiger partial charge on any atom is -0.416 e. The number of aryl methyl sites for hydroxylation is 1. The van der Waals surface area contributed by atoms with E-state index in [0.29, 0.717) is 22.0 Å². The number of H-pyrrole nitrogens is 1. The Bertz CT molecular complexity index is 1180. The molecule has 9 nitrogen and oxygen atoms in total. The van der Waals surface area contributed by atoms with Crippen molar-refractivity contribution < 1.29 is 9.21 Å². The van der Waals surface area contributed by atoms with Crippen LogP contribution < -0.4 is 16.6 Å². The quantitative estimate of drug-likeness (QED) is 0.401. The van der Waals surface area contributed by atoms with Gasteiger partial charge in [0.2, 0.25) is 11.8 Å². The number of aromatic nitrogens is 4. The van der Waals surface area contributed by atoms with Crippen molar-refractivity contribution in [1.29, 1.82) is 0 Å². The van der Waals surface area contributed by atoms with Crippen LogP contribution in [0.4, 0.5) is 5.69 Å². The number of nitrogens with one attached hydrogen (secondary N) is 2. The maximum Gasteiger partial charge on any atom is 0.328 e. The Morgan fingerprint density at radius 1 is 1.33 bits per heavy atom. The fraction of sp³-hybridized carbons (Fsp3) is 0.211. The molecule has 1 amide bonds. The number of hydrogen-bond donors (Lipinski definition) is 2. The van der Waals surface area contributed by atoms with Gasteiger partial charge in [0.05, 0.1) is 12.2 Å². The summed E-state index contributed by atoms with van der Waals surface area (Å²) in [7, 11) is 0. The maximum absolute atomic E-state index is 12.6. The largest absolute Gasteiger partial charge is 0.416 e. The summed E-state index contributed by atoms with van der Waals surface area (Å²) in [6, 6.07) is 6.75. The molecule has 156 valence electrons. The van der Waals surface area contributed by atoms with Crippen LogP contribution in [0, 0.1) is 6.92 Å². The zero-order valence-corrected chi connectivity index (χ0v) is 17.5. The summed E-state index contributed by atoms with van der Waals surface area (Å²) < 4.78 is 6.57. The highest BCUT2D eigenvalue weighted by atomic mass is 35.5. The van der Waals surface area contributed by atoms with Crippen molar-refractivity contribution in [3.63, 3.8) is 0 Å². The molecule has 11 heteroatoms. The molecule has 0 radical (unpaired) electrons. The van der Waals surface area contributed by atoms with Crippen LogP contribution in [-0.2, 0) is 17.8 Å². The molecule has 0 aliphatic carbocycles. The lowest BCUT2D eigenvalue weighted by molar-refractivity contribution is -0.113. The smallest absolute Gasteiger partial charge is 0.328 e. The number of rotatable bonds is 8. The van der Waals surface area contributed by atoms with Gasteiger partial charge in [0, 0.05) is 28.5 Å². The standard InChI is InChI=1S/C19H18ClN5O4S/c1-3-8-25-17(27)14(11(2)21-18(25)28)9-16-23-24-19(29-16)30-10-15(26)22-13-6-4-12(20)5-7-13/h3-7H,1,8-10H2,2H3,(H,21,28)(H,22,26). The third-order valence-corrected chi connectivity index (χ3v) is 5.11. The van der Waals surface area contributed by atoms with Crippen molar-refractivity contribution in [3.05, 3.63) is 79.9 Å². The molecule has 0 bridgehead atoms. The first-order valence-electron chi connectivity index (χ1n) is 8.81. The van der Waals surface area contributed by atoms with Crippen LogP contribution in [0.25, 0.3) is 0 Å². The van der Waals surface area contributed by atoms with E-state index in [2.05, 4.69) is 27.1 Å². The predicted octanol–water partition coefficient (Wildman–Crippen LogP) is 2.39. The molecule has 3 rings (SSSR count). The zero-order chi connectivity index (χ0) is 21.7. The summed E-state index contributed by atoms with van der Waals surface area (Å²) in [6.45, 7) is 5.27. The number of hydrogen-bond acceptors (Lipinski definition) is 7. The van der Waals surface area contributed by atoms with E-state index in [4.69, 9.17) is 16.0 Å². The van der Waals surface area contributed by atoms with Crippen molar-refractivity contribution in [3.8, 4) is 0 Å². The third-order valence-electron chi connectivity index (χ3n) is 4.04. The maximum atomic E-state index is 12.6. The normalized spacial score (nSPS) is 10.7. The molecule has 30 heavy (non-hydrogen) atoms. The Hall–Kier alpha value is -3.11. The number of anilines is 1. The SMILES string of the molecule is C=CCn1c(=O)[nH]c(C)c(Cc2nnc(SCC(=O)Nc3ccc(Cl)cc3)o2)c1=O. The Kier molecular flexibility index (Phi) is 6.91. The lowest BCUT2D eigenvalue weighted by Crippen LogP contribution is -2.37. The number of carbonyl (C=O) groups is 1. The topological polar surface area (TPSA) is 123 Å². The van der Waals surface area contributed by atoms with Gasteiger partial charge in [-0.05, 0) is 31.2 Å². The molecule has 2 aromatic heterocycles. The highest BCUT2D eigenvalue weighted by molar-refractivity contribution is 7.99. The van der Waals surface area contributed by atoms with Crippen molar-refractivity contribution in [2.24, 2.45) is 0 Å². The number of allylic oxidation sites excluding steroid dienone is 1. The Morgan fingerprint density at radius 2 is 2.07 bits per heavy atom. The van der Waals surface area contributed by atoms with Gasteiger partial charge >= 0.3 is 5.69 Å². The molecule has 0 unspecified atom stereocenters. The van der Waals surface area contributed by atoms with Gasteiger partial charge in [-0.25, -0.2) is 4.79 Å². The number of halogens is 1. The van der Waals surface area contributed by atoms with Gasteiger partial charge in [0.1, 0.15) is 0 Å². The number of amides is 1. The summed E-state index contributed by atoms with van der Waals surface area (Å²) in [4.78, 5) is 39.2. The molecule has 0 saturated heterocycles. The fourth-order valence-electron chi connectivity index (χ4n) is 2.60. The molecule has 1 aromatic carbocycles. The minimum atomic E-state index is -0.505. The summed E-state index contributed by atoms with van der Waals surface area (Å²) in [5.74, 6) is 0.0209. The van der Waals surface area contributed by atoms with Crippen molar-refractivity contribution in [2.75, 3.05) is 11.1 Å². The molecule has 0 fully saturated rings. The first kappa shape index (κ1) is 21.6. The van der Waals surface area contributed by atoms with E-state index < -0.39 is 11.2 Å². The van der Waals surface area contributed by atoms with Crippen molar-refractivity contribution in [1.82, 2.24) is 19.7 Å². The number of thioether (sulfide) groups is 1. The van der Waals surface area contributed by atoms with E-state index in [-0.39, 0.29) is 35.7 Å². The van der Waals surface area contributed by atoms with E-state index >= 15 is 0 Å². The molecule has 3 aromatic rings. The number of benzene rings is 1. The van der Waals surface area contributed by atoms with Gasteiger partial charge < -0.3 is 14.7 Å². The predicted molar refractivity (Wildman–Crippen MR) is 114 cm³/mol. The highest BCUT2D eigenvalue weighted by Gasteiger charge is 2.16. The van der Waals surface area contributed by atoms with Gasteiger partial charge in [-0.3, -0.25) is 14.2 Å². The van der Waals surface area contributed by atoms with Crippen LogP contribution in [0.15, 0.2) is 56.1 Å². The zero-order valence-electron chi connectivity index (χ0n) is 16.0. The average molecular weight is 448 g/mol. The monoisotopic (exact) mass is 447 g/mol. The third kappa shape index (κ3) is 5.28. The van der Waals surface area contributed by atoms with Crippen LogP contribution in [-0.4, -0.2) is 31.4 Å². The van der Waals surface area contributed by atoms with E-state index in [9.17, 15) is 14.4 Å². The molecule has 0 spiro atoms. The second-order valence-corrected chi connectivity index (χ2v) is 7.58. The molecule has 0 atom stereocenters. The van der Waals surface area contributed by atoms with Crippen LogP contribution in [0.5, 0.6) is 0 Å². The Balaban J connectivity index is 1.64. The molecule has 2 heterocycles. The Labute approximate surface area is 180 Å². The molecule has 0 aliphatic heterocycles. The summed E-state index contributed by atoms with van der Waals surface area (Å²) in [5.41, 5.74) is 0.457. The van der Waals surface area contributed by atoms with Crippen LogP contribution >= 0.6 is 23.4 Å². The minimum absolute atomic E-state index is 0.0587. The fourth-order valence-corrected chi connectivity index (χ4v) is 3.31. The van der Waals surface area contributed by atoms with Crippen LogP contribution in [0.3, 0.4) is 0 Å². The molecule has 2 N–H and O–H groups in total. The van der Waals surface area contributed by atoms with Crippen LogP contribution in [0.2, 0.25) is 5.02 Å². The summed E-state index contributed by atoms with van der Waals surface area (Å²) in [6.07, 6.45) is 1.52. The number of nitrogens with zero attached hydrogens (tertiary/aromatic N) is 3. The van der Waals surface area contributed by atoms with Gasteiger partial charge in [0.15, 0.2) is 0 Å². The van der Waals surface area contributed by atoms with Crippen molar-refractivity contribution in [2.45, 2.75) is 25.1 Å². The Morgan fingerprint density at radius 3 is 2.77 bits per heavy atom. The van der Waals surface area contributed by atoms with Gasteiger partial charge in [-0.2, -0.15) is 0 Å². The molecule has 0 saturated carbocycles. The van der Waals surface area contributed by atoms with E-state index in [1.165, 1.54) is 6.08 Å². The highest BCUT2D eigenvalue weighted by Crippen LogP contribution is 2.19. The second-order valence-electron chi connectivity index (χ2n) is 6.22. The lowest BCUT2D eigenvalue weighted by Gasteiger charge is -2.06. The van der Waals surface area contributed by atoms with E-state index in [1.807, 2.05) is 0 Å². The van der Waals surface area contributed by atoms with Crippen LogP contribution in [0.1, 0.15) is 17.1 Å². The first-order chi connectivity index (χ1) is 14.4. The van der Waals surface area contributed by atoms with Gasteiger partial charge in [0.25, 0.3) is 10.8 Å². The number of aromatic amines is 1. The second kappa shape index (κ2) is 9.59. The molecular formula is C19H18ClN5O4S. The number of carbonyl (C=O) groups excluding carboxylic acids is 1. The van der Waals surface area contributed by atoms with Gasteiger partial charge in [-0.1, -0.05) is 29.4 Å². The average Bonchev–Trinajstić information content (AvgIpc) is 3.16. The van der Waals surface area contributed by atoms with E-state index in [0.717, 1.165) is 16.3 Å². The lowest BCUT2D eigenvalue weighted by atomic mass is 10.1. The summed E-state index contributed by atoms with van der Waals surface area (Å²) in [5, 5.41) is 11.3. The molecule has 0 aliphatic rings. The summed E-state index contributed by atoms with van der Waals surface area (Å²) >= 11 is 6.89. The van der Waals surface area contributed by atoms with Crippen molar-refractivity contribution >= 4 is 35.0 Å². The van der Waals surface area contributed by atoms with Gasteiger partial charge in [-0.15, -0.1) is 16.8 Å².